The lowest BCUT2D eigenvalue weighted by Gasteiger charge is -2.26. The van der Waals surface area contributed by atoms with Crippen molar-refractivity contribution in [2.75, 3.05) is 13.6 Å². The number of nitrogens with two attached hydrogens (primary N) is 1. The van der Waals surface area contributed by atoms with Gasteiger partial charge in [0.1, 0.15) is 6.04 Å². The van der Waals surface area contributed by atoms with Crippen LogP contribution in [0.25, 0.3) is 0 Å². The maximum atomic E-state index is 13.0. The molecule has 2 rings (SSSR count). The SMILES string of the molecule is CC(C)C(N)CCN(C)C(=O)C(Cc1ccccc1)NC(=O)c1ccco1.Cl. The standard InChI is InChI=1S/C21H29N3O3.ClH/c1-15(2)17(22)11-12-24(3)21(26)18(14-16-8-5-4-6-9-16)23-20(25)19-10-7-13-27-19;/h4-10,13,15,17-18H,11-12,14,22H2,1-3H3,(H,23,25);1H. The molecule has 0 saturated heterocycles. The lowest BCUT2D eigenvalue weighted by atomic mass is 10.0. The number of halogens is 1. The Morgan fingerprint density at radius 1 is 1.14 bits per heavy atom. The summed E-state index contributed by atoms with van der Waals surface area (Å²) < 4.78 is 5.14. The molecule has 3 N–H and O–H groups in total. The Morgan fingerprint density at radius 2 is 1.82 bits per heavy atom. The average molecular weight is 408 g/mol. The van der Waals surface area contributed by atoms with Crippen molar-refractivity contribution in [2.45, 2.75) is 38.8 Å². The zero-order chi connectivity index (χ0) is 19.8. The van der Waals surface area contributed by atoms with Crippen molar-refractivity contribution >= 4 is 24.2 Å². The van der Waals surface area contributed by atoms with Crippen LogP contribution >= 0.6 is 12.4 Å². The topological polar surface area (TPSA) is 88.6 Å². The van der Waals surface area contributed by atoms with E-state index >= 15 is 0 Å². The van der Waals surface area contributed by atoms with Crippen LogP contribution in [-0.2, 0) is 11.2 Å². The average Bonchev–Trinajstić information content (AvgIpc) is 3.20. The van der Waals surface area contributed by atoms with E-state index < -0.39 is 11.9 Å². The van der Waals surface area contributed by atoms with Crippen molar-refractivity contribution in [2.24, 2.45) is 11.7 Å². The van der Waals surface area contributed by atoms with Crippen LogP contribution in [0.4, 0.5) is 0 Å². The highest BCUT2D eigenvalue weighted by atomic mass is 35.5. The lowest BCUT2D eigenvalue weighted by Crippen LogP contribution is -2.49. The monoisotopic (exact) mass is 407 g/mol. The Balaban J connectivity index is 0.00000392. The van der Waals surface area contributed by atoms with Gasteiger partial charge < -0.3 is 20.4 Å². The number of nitrogens with zero attached hydrogens (tertiary/aromatic N) is 1. The predicted octanol–water partition coefficient (Wildman–Crippen LogP) is 2.87. The van der Waals surface area contributed by atoms with Crippen molar-refractivity contribution in [3.8, 4) is 0 Å². The van der Waals surface area contributed by atoms with Crippen LogP contribution in [0, 0.1) is 5.92 Å². The fourth-order valence-electron chi connectivity index (χ4n) is 2.74. The van der Waals surface area contributed by atoms with Gasteiger partial charge in [-0.3, -0.25) is 9.59 Å². The molecule has 1 aromatic carbocycles. The predicted molar refractivity (Wildman–Crippen MR) is 112 cm³/mol. The number of carbonyl (C=O) groups is 2. The number of carbonyl (C=O) groups excluding carboxylic acids is 2. The highest BCUT2D eigenvalue weighted by molar-refractivity contribution is 5.95. The minimum atomic E-state index is -0.676. The molecule has 2 aromatic rings. The summed E-state index contributed by atoms with van der Waals surface area (Å²) in [7, 11) is 1.74. The second-order valence-electron chi connectivity index (χ2n) is 7.15. The highest BCUT2D eigenvalue weighted by Gasteiger charge is 2.26. The molecule has 0 spiro atoms. The number of amides is 2. The molecule has 0 aliphatic heterocycles. The van der Waals surface area contributed by atoms with Gasteiger partial charge in [0.15, 0.2) is 5.76 Å². The third-order valence-corrected chi connectivity index (χ3v) is 4.66. The molecule has 2 amide bonds. The van der Waals surface area contributed by atoms with E-state index in [2.05, 4.69) is 19.2 Å². The first kappa shape index (κ1) is 23.7. The second-order valence-corrected chi connectivity index (χ2v) is 7.15. The molecular formula is C21H30ClN3O3. The minimum absolute atomic E-state index is 0. The summed E-state index contributed by atoms with van der Waals surface area (Å²) in [5.41, 5.74) is 7.06. The summed E-state index contributed by atoms with van der Waals surface area (Å²) in [5, 5.41) is 2.80. The Hall–Kier alpha value is -2.31. The molecule has 1 aromatic heterocycles. The molecule has 0 aliphatic carbocycles. The summed E-state index contributed by atoms with van der Waals surface area (Å²) in [6, 6.07) is 12.2. The van der Waals surface area contributed by atoms with Gasteiger partial charge >= 0.3 is 0 Å². The summed E-state index contributed by atoms with van der Waals surface area (Å²) in [6.07, 6.45) is 2.55. The van der Waals surface area contributed by atoms with E-state index in [1.807, 2.05) is 30.3 Å². The van der Waals surface area contributed by atoms with E-state index in [1.165, 1.54) is 6.26 Å². The van der Waals surface area contributed by atoms with E-state index in [0.29, 0.717) is 25.3 Å². The minimum Gasteiger partial charge on any atom is -0.459 e. The van der Waals surface area contributed by atoms with Crippen LogP contribution in [0.15, 0.2) is 53.1 Å². The molecule has 28 heavy (non-hydrogen) atoms. The van der Waals surface area contributed by atoms with Crippen LogP contribution in [0.2, 0.25) is 0 Å². The van der Waals surface area contributed by atoms with E-state index in [4.69, 9.17) is 10.2 Å². The zero-order valence-corrected chi connectivity index (χ0v) is 17.4. The molecule has 0 fully saturated rings. The van der Waals surface area contributed by atoms with Gasteiger partial charge in [0.2, 0.25) is 5.91 Å². The Morgan fingerprint density at radius 3 is 2.39 bits per heavy atom. The van der Waals surface area contributed by atoms with Gasteiger partial charge in [0, 0.05) is 26.1 Å². The molecule has 1 heterocycles. The molecular weight excluding hydrogens is 378 g/mol. The summed E-state index contributed by atoms with van der Waals surface area (Å²) >= 11 is 0. The van der Waals surface area contributed by atoms with Crippen molar-refractivity contribution in [3.05, 3.63) is 60.1 Å². The molecule has 0 bridgehead atoms. The second kappa shape index (κ2) is 11.5. The molecule has 2 atom stereocenters. The fourth-order valence-corrected chi connectivity index (χ4v) is 2.74. The van der Waals surface area contributed by atoms with Crippen LogP contribution in [-0.4, -0.2) is 42.4 Å². The number of nitrogens with one attached hydrogen (secondary N) is 1. The van der Waals surface area contributed by atoms with E-state index in [0.717, 1.165) is 5.56 Å². The maximum Gasteiger partial charge on any atom is 0.287 e. The van der Waals surface area contributed by atoms with Gasteiger partial charge in [-0.1, -0.05) is 44.2 Å². The first-order chi connectivity index (χ1) is 12.9. The van der Waals surface area contributed by atoms with Crippen molar-refractivity contribution < 1.29 is 14.0 Å². The first-order valence-corrected chi connectivity index (χ1v) is 9.27. The number of hydrogen-bond acceptors (Lipinski definition) is 4. The van der Waals surface area contributed by atoms with E-state index in [9.17, 15) is 9.59 Å². The van der Waals surface area contributed by atoms with Gasteiger partial charge in [-0.05, 0) is 30.0 Å². The molecule has 0 aliphatic rings. The maximum absolute atomic E-state index is 13.0. The number of rotatable bonds is 9. The van der Waals surface area contributed by atoms with E-state index in [-0.39, 0.29) is 30.1 Å². The molecule has 0 saturated carbocycles. The van der Waals surface area contributed by atoms with Crippen molar-refractivity contribution in [3.63, 3.8) is 0 Å². The Kier molecular flexibility index (Phi) is 9.76. The van der Waals surface area contributed by atoms with Crippen LogP contribution in [0.5, 0.6) is 0 Å². The third-order valence-electron chi connectivity index (χ3n) is 4.66. The van der Waals surface area contributed by atoms with Gasteiger partial charge in [-0.15, -0.1) is 12.4 Å². The molecule has 7 heteroatoms. The third kappa shape index (κ3) is 7.02. The molecule has 0 radical (unpaired) electrons. The number of benzene rings is 1. The molecule has 2 unspecified atom stereocenters. The zero-order valence-electron chi connectivity index (χ0n) is 16.6. The molecule has 6 nitrogen and oxygen atoms in total. The normalized spacial score (nSPS) is 12.8. The first-order valence-electron chi connectivity index (χ1n) is 9.27. The summed E-state index contributed by atoms with van der Waals surface area (Å²) in [5.74, 6) is -0.00565. The Bertz CT molecular complexity index is 720. The highest BCUT2D eigenvalue weighted by Crippen LogP contribution is 2.09. The van der Waals surface area contributed by atoms with Gasteiger partial charge in [-0.25, -0.2) is 0 Å². The van der Waals surface area contributed by atoms with Crippen LogP contribution in [0.1, 0.15) is 36.4 Å². The number of likely N-dealkylation sites (N-methyl/N-ethyl adjacent to an activating group) is 1. The summed E-state index contributed by atoms with van der Waals surface area (Å²) in [6.45, 7) is 4.67. The van der Waals surface area contributed by atoms with E-state index in [1.54, 1.807) is 24.1 Å². The van der Waals surface area contributed by atoms with Crippen molar-refractivity contribution in [1.82, 2.24) is 10.2 Å². The lowest BCUT2D eigenvalue weighted by molar-refractivity contribution is -0.132. The van der Waals surface area contributed by atoms with Gasteiger partial charge in [0.25, 0.3) is 5.91 Å². The molecule has 154 valence electrons. The van der Waals surface area contributed by atoms with Crippen LogP contribution in [0.3, 0.4) is 0 Å². The van der Waals surface area contributed by atoms with Gasteiger partial charge in [0.05, 0.1) is 6.26 Å². The quantitative estimate of drug-likeness (QED) is 0.668. The Labute approximate surface area is 172 Å². The summed E-state index contributed by atoms with van der Waals surface area (Å²) in [4.78, 5) is 27.0. The van der Waals surface area contributed by atoms with Gasteiger partial charge in [-0.2, -0.15) is 0 Å². The fraction of sp³-hybridized carbons (Fsp3) is 0.429. The number of hydrogen-bond donors (Lipinski definition) is 2. The smallest absolute Gasteiger partial charge is 0.287 e. The largest absolute Gasteiger partial charge is 0.459 e. The number of furan rings is 1. The van der Waals surface area contributed by atoms with Crippen molar-refractivity contribution in [1.29, 1.82) is 0 Å². The van der Waals surface area contributed by atoms with Crippen LogP contribution < -0.4 is 11.1 Å².